The molecular weight excluding hydrogens is 272 g/mol. The molecule has 0 aliphatic rings. The minimum atomic E-state index is 0.330. The highest BCUT2D eigenvalue weighted by Gasteiger charge is 2.14. The van der Waals surface area contributed by atoms with E-state index >= 15 is 0 Å². The molecule has 0 bridgehead atoms. The number of hydrogen-bond donors (Lipinski definition) is 1. The highest BCUT2D eigenvalue weighted by molar-refractivity contribution is 5.46. The number of aryl methyl sites for hydroxylation is 1. The van der Waals surface area contributed by atoms with Crippen LogP contribution in [0.2, 0.25) is 0 Å². The van der Waals surface area contributed by atoms with Gasteiger partial charge in [-0.25, -0.2) is 0 Å². The molecule has 2 aromatic carbocycles. The van der Waals surface area contributed by atoms with Crippen molar-refractivity contribution in [2.45, 2.75) is 19.3 Å². The summed E-state index contributed by atoms with van der Waals surface area (Å²) in [6.45, 7) is 2.76. The molecule has 0 saturated heterocycles. The standard InChI is InChI=1S/C19H26N2O/c1-14-11-18(22-4)9-10-19(14)16(13-20)12-15-5-7-17(8-6-15)21(2)3/h5-11,16H,12-13,20H2,1-4H3. The second-order valence-electron chi connectivity index (χ2n) is 5.92. The lowest BCUT2D eigenvalue weighted by molar-refractivity contribution is 0.414. The van der Waals surface area contributed by atoms with Gasteiger partial charge in [0.05, 0.1) is 7.11 Å². The molecule has 0 amide bonds. The Labute approximate surface area is 133 Å². The van der Waals surface area contributed by atoms with Crippen molar-refractivity contribution in [1.29, 1.82) is 0 Å². The Hall–Kier alpha value is -2.00. The molecule has 1 atom stereocenters. The first-order valence-electron chi connectivity index (χ1n) is 7.66. The van der Waals surface area contributed by atoms with Gasteiger partial charge in [0.2, 0.25) is 0 Å². The first-order valence-corrected chi connectivity index (χ1v) is 7.66. The van der Waals surface area contributed by atoms with Crippen LogP contribution in [0.4, 0.5) is 5.69 Å². The molecule has 1 unspecified atom stereocenters. The van der Waals surface area contributed by atoms with Gasteiger partial charge in [-0.2, -0.15) is 0 Å². The smallest absolute Gasteiger partial charge is 0.119 e. The third-order valence-electron chi connectivity index (χ3n) is 4.14. The van der Waals surface area contributed by atoms with Crippen LogP contribution in [0.5, 0.6) is 5.75 Å². The number of nitrogens with zero attached hydrogens (tertiary/aromatic N) is 1. The SMILES string of the molecule is COc1ccc(C(CN)Cc2ccc(N(C)C)cc2)c(C)c1. The molecule has 0 saturated carbocycles. The van der Waals surface area contributed by atoms with Crippen molar-refractivity contribution in [3.05, 3.63) is 59.2 Å². The minimum absolute atomic E-state index is 0.330. The zero-order valence-electron chi connectivity index (χ0n) is 14.0. The summed E-state index contributed by atoms with van der Waals surface area (Å²) in [6.07, 6.45) is 0.956. The van der Waals surface area contributed by atoms with Crippen LogP contribution in [0.25, 0.3) is 0 Å². The molecule has 2 rings (SSSR count). The number of anilines is 1. The van der Waals surface area contributed by atoms with Crippen molar-refractivity contribution in [1.82, 2.24) is 0 Å². The fraction of sp³-hybridized carbons (Fsp3) is 0.368. The third-order valence-corrected chi connectivity index (χ3v) is 4.14. The summed E-state index contributed by atoms with van der Waals surface area (Å²) in [6, 6.07) is 14.9. The molecule has 0 heterocycles. The maximum Gasteiger partial charge on any atom is 0.119 e. The van der Waals surface area contributed by atoms with E-state index in [-0.39, 0.29) is 0 Å². The Morgan fingerprint density at radius 2 is 1.77 bits per heavy atom. The van der Waals surface area contributed by atoms with E-state index < -0.39 is 0 Å². The molecule has 0 aliphatic carbocycles. The van der Waals surface area contributed by atoms with E-state index in [2.05, 4.69) is 62.3 Å². The Bertz CT molecular complexity index is 605. The molecule has 118 valence electrons. The van der Waals surface area contributed by atoms with Crippen molar-refractivity contribution >= 4 is 5.69 Å². The van der Waals surface area contributed by atoms with E-state index in [1.165, 1.54) is 22.4 Å². The molecule has 0 radical (unpaired) electrons. The summed E-state index contributed by atoms with van der Waals surface area (Å²) < 4.78 is 5.28. The molecule has 3 heteroatoms. The van der Waals surface area contributed by atoms with E-state index in [1.54, 1.807) is 7.11 Å². The normalized spacial score (nSPS) is 12.0. The van der Waals surface area contributed by atoms with Crippen molar-refractivity contribution in [2.75, 3.05) is 32.6 Å². The lowest BCUT2D eigenvalue weighted by Crippen LogP contribution is -2.16. The summed E-state index contributed by atoms with van der Waals surface area (Å²) in [5.41, 5.74) is 11.1. The summed E-state index contributed by atoms with van der Waals surface area (Å²) in [5, 5.41) is 0. The number of methoxy groups -OCH3 is 1. The van der Waals surface area contributed by atoms with Gasteiger partial charge in [0, 0.05) is 25.7 Å². The molecule has 2 N–H and O–H groups in total. The fourth-order valence-electron chi connectivity index (χ4n) is 2.77. The Kier molecular flexibility index (Phi) is 5.45. The highest BCUT2D eigenvalue weighted by atomic mass is 16.5. The van der Waals surface area contributed by atoms with Gasteiger partial charge < -0.3 is 15.4 Å². The predicted molar refractivity (Wildman–Crippen MR) is 94.0 cm³/mol. The van der Waals surface area contributed by atoms with Gasteiger partial charge in [0.25, 0.3) is 0 Å². The maximum absolute atomic E-state index is 6.03. The third kappa shape index (κ3) is 3.80. The number of ether oxygens (including phenoxy) is 1. The molecule has 0 fully saturated rings. The zero-order valence-corrected chi connectivity index (χ0v) is 14.0. The van der Waals surface area contributed by atoms with Crippen molar-refractivity contribution in [3.8, 4) is 5.75 Å². The first kappa shape index (κ1) is 16.4. The largest absolute Gasteiger partial charge is 0.497 e. The Morgan fingerprint density at radius 1 is 1.09 bits per heavy atom. The molecule has 22 heavy (non-hydrogen) atoms. The Morgan fingerprint density at radius 3 is 2.27 bits per heavy atom. The minimum Gasteiger partial charge on any atom is -0.497 e. The van der Waals surface area contributed by atoms with E-state index in [0.29, 0.717) is 12.5 Å². The quantitative estimate of drug-likeness (QED) is 0.889. The first-order chi connectivity index (χ1) is 10.5. The van der Waals surface area contributed by atoms with Crippen LogP contribution in [0.3, 0.4) is 0 Å². The van der Waals surface area contributed by atoms with Gasteiger partial charge >= 0.3 is 0 Å². The van der Waals surface area contributed by atoms with Crippen LogP contribution in [0.1, 0.15) is 22.6 Å². The summed E-state index contributed by atoms with van der Waals surface area (Å²) >= 11 is 0. The summed E-state index contributed by atoms with van der Waals surface area (Å²) in [5.74, 6) is 1.23. The molecule has 2 aromatic rings. The molecule has 0 aliphatic heterocycles. The highest BCUT2D eigenvalue weighted by Crippen LogP contribution is 2.27. The maximum atomic E-state index is 6.03. The molecule has 3 nitrogen and oxygen atoms in total. The lowest BCUT2D eigenvalue weighted by Gasteiger charge is -2.19. The average Bonchev–Trinajstić information content (AvgIpc) is 2.53. The molecule has 0 aromatic heterocycles. The fourth-order valence-corrected chi connectivity index (χ4v) is 2.77. The van der Waals surface area contributed by atoms with Gasteiger partial charge in [-0.15, -0.1) is 0 Å². The van der Waals surface area contributed by atoms with Crippen molar-refractivity contribution in [2.24, 2.45) is 5.73 Å². The van der Waals surface area contributed by atoms with Gasteiger partial charge in [0.1, 0.15) is 5.75 Å². The van der Waals surface area contributed by atoms with E-state index in [4.69, 9.17) is 10.5 Å². The van der Waals surface area contributed by atoms with Gasteiger partial charge in [-0.05, 0) is 60.8 Å². The van der Waals surface area contributed by atoms with Crippen LogP contribution >= 0.6 is 0 Å². The predicted octanol–water partition coefficient (Wildman–Crippen LogP) is 3.35. The average molecular weight is 298 g/mol. The summed E-state index contributed by atoms with van der Waals surface area (Å²) in [7, 11) is 5.80. The zero-order chi connectivity index (χ0) is 16.1. The number of nitrogens with two attached hydrogens (primary N) is 1. The molecule has 0 spiro atoms. The van der Waals surface area contributed by atoms with Crippen molar-refractivity contribution in [3.63, 3.8) is 0 Å². The van der Waals surface area contributed by atoms with Crippen LogP contribution in [-0.2, 0) is 6.42 Å². The second kappa shape index (κ2) is 7.32. The van der Waals surface area contributed by atoms with Crippen LogP contribution < -0.4 is 15.4 Å². The topological polar surface area (TPSA) is 38.5 Å². The van der Waals surface area contributed by atoms with Gasteiger partial charge in [-0.1, -0.05) is 18.2 Å². The van der Waals surface area contributed by atoms with Gasteiger partial charge in [-0.3, -0.25) is 0 Å². The molecular formula is C19H26N2O. The number of benzene rings is 2. The number of hydrogen-bond acceptors (Lipinski definition) is 3. The van der Waals surface area contributed by atoms with E-state index in [0.717, 1.165) is 12.2 Å². The second-order valence-corrected chi connectivity index (χ2v) is 5.92. The van der Waals surface area contributed by atoms with Crippen LogP contribution in [-0.4, -0.2) is 27.7 Å². The summed E-state index contributed by atoms with van der Waals surface area (Å²) in [4.78, 5) is 2.11. The monoisotopic (exact) mass is 298 g/mol. The van der Waals surface area contributed by atoms with E-state index in [9.17, 15) is 0 Å². The lowest BCUT2D eigenvalue weighted by atomic mass is 9.89. The van der Waals surface area contributed by atoms with Crippen LogP contribution in [0.15, 0.2) is 42.5 Å². The van der Waals surface area contributed by atoms with E-state index in [1.807, 2.05) is 6.07 Å². The van der Waals surface area contributed by atoms with Crippen LogP contribution in [0, 0.1) is 6.92 Å². The Balaban J connectivity index is 2.18. The van der Waals surface area contributed by atoms with Gasteiger partial charge in [0.15, 0.2) is 0 Å². The number of rotatable bonds is 6. The van der Waals surface area contributed by atoms with Crippen molar-refractivity contribution < 1.29 is 4.74 Å².